The van der Waals surface area contributed by atoms with Crippen LogP contribution in [-0.2, 0) is 11.2 Å². The summed E-state index contributed by atoms with van der Waals surface area (Å²) in [4.78, 5) is 10.7. The number of aryl methyl sites for hydroxylation is 1. The summed E-state index contributed by atoms with van der Waals surface area (Å²) < 4.78 is 16.2. The molecule has 7 heteroatoms. The normalized spacial score (nSPS) is 17.6. The molecule has 6 nitrogen and oxygen atoms in total. The van der Waals surface area contributed by atoms with E-state index in [1.165, 1.54) is 0 Å². The fourth-order valence-electron chi connectivity index (χ4n) is 1.73. The molecule has 1 aromatic heterocycles. The molecule has 0 amide bonds. The lowest BCUT2D eigenvalue weighted by Crippen LogP contribution is -2.49. The largest absolute Gasteiger partial charge is 0.338 e. The summed E-state index contributed by atoms with van der Waals surface area (Å²) in [5.41, 5.74) is 1.06. The number of nitrogens with one attached hydrogen (secondary N) is 1. The van der Waals surface area contributed by atoms with E-state index < -0.39 is 11.2 Å². The molecule has 1 atom stereocenters. The number of nitrogens with zero attached hydrogens (tertiary/aromatic N) is 4. The molecule has 108 valence electrons. The van der Waals surface area contributed by atoms with E-state index in [1.807, 2.05) is 37.5 Å². The summed E-state index contributed by atoms with van der Waals surface area (Å²) in [6.07, 6.45) is 3.64. The van der Waals surface area contributed by atoms with Crippen LogP contribution in [0.15, 0.2) is 12.4 Å². The second-order valence-corrected chi connectivity index (χ2v) is 5.35. The fraction of sp³-hybridized carbons (Fsp3) is 0.667. The Balaban J connectivity index is 0.000000861. The third kappa shape index (κ3) is 4.52. The predicted octanol–water partition coefficient (Wildman–Crippen LogP) is 0.731. The third-order valence-corrected chi connectivity index (χ3v) is 3.88. The Labute approximate surface area is 118 Å². The Hall–Kier alpha value is -1.05. The number of piperazine rings is 1. The molecule has 19 heavy (non-hydrogen) atoms. The highest BCUT2D eigenvalue weighted by Crippen LogP contribution is 2.11. The van der Waals surface area contributed by atoms with E-state index in [2.05, 4.69) is 19.6 Å². The van der Waals surface area contributed by atoms with Gasteiger partial charge in [-0.15, -0.1) is 0 Å². The van der Waals surface area contributed by atoms with Gasteiger partial charge >= 0.3 is 0 Å². The molecule has 0 saturated carbocycles. The van der Waals surface area contributed by atoms with Gasteiger partial charge in [-0.05, 0) is 19.5 Å². The second-order valence-electron chi connectivity index (χ2n) is 3.93. The minimum atomic E-state index is -1.07. The van der Waals surface area contributed by atoms with Gasteiger partial charge in [-0.1, -0.05) is 13.8 Å². The zero-order valence-corrected chi connectivity index (χ0v) is 12.9. The molecule has 2 rings (SSSR count). The Morgan fingerprint density at radius 3 is 2.16 bits per heavy atom. The number of rotatable bonds is 3. The van der Waals surface area contributed by atoms with Gasteiger partial charge in [0.2, 0.25) is 5.95 Å². The Morgan fingerprint density at radius 1 is 1.16 bits per heavy atom. The van der Waals surface area contributed by atoms with Crippen LogP contribution in [0, 0.1) is 6.92 Å². The van der Waals surface area contributed by atoms with Crippen LogP contribution in [0.3, 0.4) is 0 Å². The Kier molecular flexibility index (Phi) is 6.90. The summed E-state index contributed by atoms with van der Waals surface area (Å²) >= 11 is -1.07. The van der Waals surface area contributed by atoms with Crippen molar-refractivity contribution in [3.8, 4) is 0 Å². The highest BCUT2D eigenvalue weighted by atomic mass is 32.2. The van der Waals surface area contributed by atoms with Gasteiger partial charge < -0.3 is 4.90 Å². The molecule has 1 aromatic rings. The molecule has 0 aliphatic carbocycles. The van der Waals surface area contributed by atoms with Crippen LogP contribution in [-0.4, -0.2) is 51.7 Å². The molecule has 1 N–H and O–H groups in total. The number of hydrogen-bond donors (Lipinski definition) is 1. The summed E-state index contributed by atoms with van der Waals surface area (Å²) in [6.45, 7) is 9.08. The first kappa shape index (κ1) is 16.0. The predicted molar refractivity (Wildman–Crippen MR) is 79.1 cm³/mol. The van der Waals surface area contributed by atoms with Crippen LogP contribution < -0.4 is 9.62 Å². The number of aromatic nitrogens is 2. The molecular weight excluding hydrogens is 262 g/mol. The first-order valence-corrected chi connectivity index (χ1v) is 7.69. The van der Waals surface area contributed by atoms with Gasteiger partial charge in [0.15, 0.2) is 11.2 Å². The number of anilines is 1. The van der Waals surface area contributed by atoms with Crippen LogP contribution in [0.5, 0.6) is 0 Å². The van der Waals surface area contributed by atoms with E-state index >= 15 is 0 Å². The molecule has 0 aromatic carbocycles. The van der Waals surface area contributed by atoms with Crippen LogP contribution in [0.4, 0.5) is 5.95 Å². The average molecular weight is 285 g/mol. The quantitative estimate of drug-likeness (QED) is 0.889. The van der Waals surface area contributed by atoms with E-state index in [1.54, 1.807) is 7.05 Å². The molecule has 0 spiro atoms. The monoisotopic (exact) mass is 285 g/mol. The van der Waals surface area contributed by atoms with Crippen LogP contribution in [0.2, 0.25) is 0 Å². The maximum atomic E-state index is 11.5. The minimum Gasteiger partial charge on any atom is -0.338 e. The first-order chi connectivity index (χ1) is 9.20. The lowest BCUT2D eigenvalue weighted by Gasteiger charge is -2.33. The molecule has 1 unspecified atom stereocenters. The molecule has 2 heterocycles. The van der Waals surface area contributed by atoms with E-state index in [0.717, 1.165) is 37.7 Å². The molecule has 0 radical (unpaired) electrons. The van der Waals surface area contributed by atoms with Gasteiger partial charge in [0.25, 0.3) is 0 Å². The van der Waals surface area contributed by atoms with E-state index in [4.69, 9.17) is 0 Å². The van der Waals surface area contributed by atoms with Crippen molar-refractivity contribution < 1.29 is 4.21 Å². The van der Waals surface area contributed by atoms with Crippen molar-refractivity contribution in [2.75, 3.05) is 38.1 Å². The van der Waals surface area contributed by atoms with Crippen molar-refractivity contribution in [2.24, 2.45) is 0 Å². The maximum absolute atomic E-state index is 11.5. The van der Waals surface area contributed by atoms with Crippen molar-refractivity contribution in [3.63, 3.8) is 0 Å². The van der Waals surface area contributed by atoms with Gasteiger partial charge in [-0.2, -0.15) is 0 Å². The Bertz CT molecular complexity index is 390. The third-order valence-electron chi connectivity index (χ3n) is 2.70. The Morgan fingerprint density at radius 2 is 1.68 bits per heavy atom. The van der Waals surface area contributed by atoms with Gasteiger partial charge in [0.1, 0.15) is 0 Å². The maximum Gasteiger partial charge on any atom is 0.225 e. The highest BCUT2D eigenvalue weighted by molar-refractivity contribution is 7.80. The zero-order chi connectivity index (χ0) is 14.3. The lowest BCUT2D eigenvalue weighted by molar-refractivity contribution is 0.404. The van der Waals surface area contributed by atoms with Crippen molar-refractivity contribution in [2.45, 2.75) is 20.8 Å². The van der Waals surface area contributed by atoms with Crippen LogP contribution in [0.25, 0.3) is 0 Å². The van der Waals surface area contributed by atoms with Crippen LogP contribution in [0.1, 0.15) is 19.4 Å². The van der Waals surface area contributed by atoms with Crippen molar-refractivity contribution in [1.82, 2.24) is 19.0 Å². The molecule has 1 aliphatic rings. The fourth-order valence-corrected chi connectivity index (χ4v) is 2.49. The van der Waals surface area contributed by atoms with Crippen LogP contribution >= 0.6 is 0 Å². The molecule has 1 saturated heterocycles. The number of hydrogen-bond acceptors (Lipinski definition) is 4. The van der Waals surface area contributed by atoms with Gasteiger partial charge in [-0.25, -0.2) is 23.2 Å². The molecule has 1 aliphatic heterocycles. The smallest absolute Gasteiger partial charge is 0.225 e. The summed E-state index contributed by atoms with van der Waals surface area (Å²) in [7, 11) is 1.70. The summed E-state index contributed by atoms with van der Waals surface area (Å²) in [5.74, 6) is 0.755. The van der Waals surface area contributed by atoms with E-state index in [0.29, 0.717) is 0 Å². The van der Waals surface area contributed by atoms with E-state index in [9.17, 15) is 4.21 Å². The van der Waals surface area contributed by atoms with Gasteiger partial charge in [-0.3, -0.25) is 0 Å². The van der Waals surface area contributed by atoms with Crippen molar-refractivity contribution in [1.29, 1.82) is 0 Å². The first-order valence-electron chi connectivity index (χ1n) is 6.58. The summed E-state index contributed by atoms with van der Waals surface area (Å²) in [5, 5.41) is 0. The topological polar surface area (TPSA) is 61.4 Å². The summed E-state index contributed by atoms with van der Waals surface area (Å²) in [6, 6.07) is 0. The van der Waals surface area contributed by atoms with Gasteiger partial charge in [0.05, 0.1) is 0 Å². The average Bonchev–Trinajstić information content (AvgIpc) is 2.49. The second kappa shape index (κ2) is 8.19. The van der Waals surface area contributed by atoms with Gasteiger partial charge in [0, 0.05) is 38.6 Å². The SMILES string of the molecule is CC.CNS(=O)N1CCN(c2ncc(C)cn2)CC1. The standard InChI is InChI=1S/C10H17N5OS.C2H6/c1-9-7-12-10(13-8-9)14-3-5-15(6-4-14)17(16)11-2;1-2/h7-8,11H,3-6H2,1-2H3;1-2H3. The van der Waals surface area contributed by atoms with Crippen molar-refractivity contribution >= 4 is 17.1 Å². The molecule has 1 fully saturated rings. The molecule has 0 bridgehead atoms. The minimum absolute atomic E-state index is 0.755. The molecular formula is C12H23N5OS. The highest BCUT2D eigenvalue weighted by Gasteiger charge is 2.21. The van der Waals surface area contributed by atoms with Crippen molar-refractivity contribution in [3.05, 3.63) is 18.0 Å². The zero-order valence-electron chi connectivity index (χ0n) is 12.1. The van der Waals surface area contributed by atoms with E-state index in [-0.39, 0.29) is 0 Å². The lowest BCUT2D eigenvalue weighted by atomic mass is 10.4.